The second-order valence-corrected chi connectivity index (χ2v) is 3.49. The first-order valence-corrected chi connectivity index (χ1v) is 5.75. The normalized spacial score (nSPS) is 10.1. The van der Waals surface area contributed by atoms with Crippen LogP contribution in [0.2, 0.25) is 0 Å². The van der Waals surface area contributed by atoms with E-state index in [1.54, 1.807) is 0 Å². The molecule has 14 heavy (non-hydrogen) atoms. The smallest absolute Gasteiger partial charge is 0.220 e. The molecule has 0 aliphatic carbocycles. The molecule has 0 aliphatic rings. The lowest BCUT2D eigenvalue weighted by Gasteiger charge is -2.04. The molecule has 0 atom stereocenters. The Kier molecular flexibility index (Phi) is 10.6. The molecule has 0 aromatic rings. The fraction of sp³-hybridized carbons (Fsp3) is 0.900. The van der Waals surface area contributed by atoms with Gasteiger partial charge in [-0.25, -0.2) is 0 Å². The van der Waals surface area contributed by atoms with Gasteiger partial charge >= 0.3 is 0 Å². The van der Waals surface area contributed by atoms with Gasteiger partial charge in [0.25, 0.3) is 0 Å². The number of rotatable bonds is 9. The average Bonchev–Trinajstić information content (AvgIpc) is 2.18. The molecule has 4 heteroatoms. The summed E-state index contributed by atoms with van der Waals surface area (Å²) < 4.78 is 5.11. The molecule has 84 valence electrons. The Bertz CT molecular complexity index is 142. The topological polar surface area (TPSA) is 38.3 Å². The molecule has 3 nitrogen and oxygen atoms in total. The fourth-order valence-electron chi connectivity index (χ4n) is 1.04. The van der Waals surface area contributed by atoms with Crippen molar-refractivity contribution in [2.24, 2.45) is 0 Å². The molecule has 0 spiro atoms. The van der Waals surface area contributed by atoms with Crippen LogP contribution in [0, 0.1) is 0 Å². The summed E-state index contributed by atoms with van der Waals surface area (Å²) in [4.78, 5) is 11.2. The number of alkyl halides is 1. The summed E-state index contributed by atoms with van der Waals surface area (Å²) in [5.41, 5.74) is 0. The van der Waals surface area contributed by atoms with Gasteiger partial charge < -0.3 is 10.1 Å². The van der Waals surface area contributed by atoms with Crippen LogP contribution in [0.3, 0.4) is 0 Å². The second kappa shape index (κ2) is 10.8. The van der Waals surface area contributed by atoms with E-state index in [1.807, 2.05) is 0 Å². The van der Waals surface area contributed by atoms with Gasteiger partial charge in [0.1, 0.15) is 0 Å². The van der Waals surface area contributed by atoms with Crippen LogP contribution in [-0.4, -0.2) is 31.5 Å². The lowest BCUT2D eigenvalue weighted by atomic mass is 10.2. The maximum Gasteiger partial charge on any atom is 0.220 e. The van der Waals surface area contributed by atoms with E-state index < -0.39 is 0 Å². The summed E-state index contributed by atoms with van der Waals surface area (Å²) >= 11 is 5.42. The van der Waals surface area contributed by atoms with Gasteiger partial charge in [-0.15, -0.1) is 11.6 Å². The van der Waals surface area contributed by atoms with E-state index in [0.717, 1.165) is 19.3 Å². The van der Waals surface area contributed by atoms with E-state index in [9.17, 15) is 4.79 Å². The Morgan fingerprint density at radius 2 is 2.14 bits per heavy atom. The van der Waals surface area contributed by atoms with E-state index in [0.29, 0.717) is 32.1 Å². The Morgan fingerprint density at radius 1 is 1.36 bits per heavy atom. The minimum Gasteiger partial charge on any atom is -0.378 e. The van der Waals surface area contributed by atoms with Gasteiger partial charge in [0.15, 0.2) is 0 Å². The molecule has 1 N–H and O–H groups in total. The van der Waals surface area contributed by atoms with Crippen LogP contribution >= 0.6 is 11.6 Å². The van der Waals surface area contributed by atoms with E-state index in [-0.39, 0.29) is 5.91 Å². The molecular formula is C10H20ClNO2. The predicted molar refractivity (Wildman–Crippen MR) is 58.7 cm³/mol. The number of amides is 1. The van der Waals surface area contributed by atoms with E-state index in [2.05, 4.69) is 12.2 Å². The number of carbonyl (C=O) groups is 1. The van der Waals surface area contributed by atoms with Crippen molar-refractivity contribution >= 4 is 17.5 Å². The molecular weight excluding hydrogens is 202 g/mol. The summed E-state index contributed by atoms with van der Waals surface area (Å²) in [7, 11) is 0. The zero-order chi connectivity index (χ0) is 10.6. The van der Waals surface area contributed by atoms with Gasteiger partial charge in [-0.3, -0.25) is 4.79 Å². The second-order valence-electron chi connectivity index (χ2n) is 3.11. The maximum absolute atomic E-state index is 11.2. The van der Waals surface area contributed by atoms with Crippen molar-refractivity contribution in [3.63, 3.8) is 0 Å². The van der Waals surface area contributed by atoms with Crippen molar-refractivity contribution in [2.45, 2.75) is 32.6 Å². The summed E-state index contributed by atoms with van der Waals surface area (Å²) in [5.74, 6) is 0.623. The van der Waals surface area contributed by atoms with Gasteiger partial charge in [0, 0.05) is 18.8 Å². The van der Waals surface area contributed by atoms with Crippen LogP contribution in [0.25, 0.3) is 0 Å². The van der Waals surface area contributed by atoms with Gasteiger partial charge in [0.2, 0.25) is 5.91 Å². The molecule has 0 fully saturated rings. The highest BCUT2D eigenvalue weighted by Crippen LogP contribution is 1.97. The molecule has 0 radical (unpaired) electrons. The number of halogens is 1. The van der Waals surface area contributed by atoms with Crippen LogP contribution in [0.1, 0.15) is 32.6 Å². The predicted octanol–water partition coefficient (Wildman–Crippen LogP) is 1.94. The van der Waals surface area contributed by atoms with Gasteiger partial charge in [-0.1, -0.05) is 19.8 Å². The van der Waals surface area contributed by atoms with Crippen LogP contribution in [0.4, 0.5) is 0 Å². The van der Waals surface area contributed by atoms with Crippen LogP contribution in [0.15, 0.2) is 0 Å². The highest BCUT2D eigenvalue weighted by atomic mass is 35.5. The van der Waals surface area contributed by atoms with Crippen molar-refractivity contribution < 1.29 is 9.53 Å². The lowest BCUT2D eigenvalue weighted by Crippen LogP contribution is -2.27. The highest BCUT2D eigenvalue weighted by Gasteiger charge is 1.98. The Balaban J connectivity index is 3.10. The summed E-state index contributed by atoms with van der Waals surface area (Å²) in [6, 6.07) is 0. The minimum atomic E-state index is 0.118. The molecule has 0 bridgehead atoms. The maximum atomic E-state index is 11.2. The van der Waals surface area contributed by atoms with E-state index in [1.165, 1.54) is 0 Å². The first-order chi connectivity index (χ1) is 6.81. The van der Waals surface area contributed by atoms with Crippen molar-refractivity contribution in [3.05, 3.63) is 0 Å². The molecule has 0 saturated heterocycles. The zero-order valence-electron chi connectivity index (χ0n) is 8.85. The summed E-state index contributed by atoms with van der Waals surface area (Å²) in [5, 5.41) is 2.79. The van der Waals surface area contributed by atoms with Gasteiger partial charge in [-0.2, -0.15) is 0 Å². The van der Waals surface area contributed by atoms with Crippen LogP contribution < -0.4 is 5.32 Å². The van der Waals surface area contributed by atoms with Crippen LogP contribution in [0.5, 0.6) is 0 Å². The Morgan fingerprint density at radius 3 is 2.79 bits per heavy atom. The third kappa shape index (κ3) is 9.81. The third-order valence-electron chi connectivity index (χ3n) is 1.80. The first kappa shape index (κ1) is 13.7. The number of unbranched alkanes of at least 4 members (excludes halogenated alkanes) is 2. The van der Waals surface area contributed by atoms with Gasteiger partial charge in [-0.05, 0) is 6.42 Å². The average molecular weight is 222 g/mol. The van der Waals surface area contributed by atoms with E-state index >= 15 is 0 Å². The zero-order valence-corrected chi connectivity index (χ0v) is 9.61. The minimum absolute atomic E-state index is 0.118. The molecule has 0 heterocycles. The third-order valence-corrected chi connectivity index (χ3v) is 1.95. The molecule has 0 saturated carbocycles. The fourth-order valence-corrected chi connectivity index (χ4v) is 1.15. The quantitative estimate of drug-likeness (QED) is 0.477. The van der Waals surface area contributed by atoms with E-state index in [4.69, 9.17) is 16.3 Å². The molecule has 0 unspecified atom stereocenters. The van der Waals surface area contributed by atoms with Crippen molar-refractivity contribution in [1.29, 1.82) is 0 Å². The number of nitrogens with one attached hydrogen (secondary N) is 1. The summed E-state index contributed by atoms with van der Waals surface area (Å²) in [6.07, 6.45) is 3.87. The molecule has 0 rings (SSSR count). The standard InChI is InChI=1S/C10H20ClNO2/c1-2-3-4-5-10(13)12-7-9-14-8-6-11/h2-9H2,1H3,(H,12,13). The lowest BCUT2D eigenvalue weighted by molar-refractivity contribution is -0.121. The SMILES string of the molecule is CCCCCC(=O)NCCOCCCl. The number of carbonyl (C=O) groups excluding carboxylic acids is 1. The number of ether oxygens (including phenoxy) is 1. The van der Waals surface area contributed by atoms with Crippen molar-refractivity contribution in [1.82, 2.24) is 5.32 Å². The van der Waals surface area contributed by atoms with Crippen LogP contribution in [-0.2, 0) is 9.53 Å². The highest BCUT2D eigenvalue weighted by molar-refractivity contribution is 6.17. The monoisotopic (exact) mass is 221 g/mol. The molecule has 0 aromatic heterocycles. The molecule has 0 aliphatic heterocycles. The first-order valence-electron chi connectivity index (χ1n) is 5.21. The summed E-state index contributed by atoms with van der Waals surface area (Å²) in [6.45, 7) is 3.80. The number of hydrogen-bond donors (Lipinski definition) is 1. The largest absolute Gasteiger partial charge is 0.378 e. The Labute approximate surface area is 91.2 Å². The van der Waals surface area contributed by atoms with Crippen molar-refractivity contribution in [3.8, 4) is 0 Å². The Hall–Kier alpha value is -0.280. The molecule has 0 aromatic carbocycles. The van der Waals surface area contributed by atoms with Gasteiger partial charge in [0.05, 0.1) is 13.2 Å². The van der Waals surface area contributed by atoms with Crippen molar-refractivity contribution in [2.75, 3.05) is 25.6 Å². The molecule has 1 amide bonds. The number of hydrogen-bond acceptors (Lipinski definition) is 2.